The molecule has 3 N–H and O–H groups in total. The van der Waals surface area contributed by atoms with Gasteiger partial charge >= 0.3 is 45.9 Å². The molecule has 0 aliphatic heterocycles. The second-order valence-corrected chi connectivity index (χ2v) is 6.74. The summed E-state index contributed by atoms with van der Waals surface area (Å²) in [6.07, 6.45) is 11.2. The molecule has 0 saturated carbocycles. The molecular formula is C14H31NaO7S. The van der Waals surface area contributed by atoms with Gasteiger partial charge in [0.05, 0.1) is 6.61 Å². The van der Waals surface area contributed by atoms with E-state index < -0.39 is 23.0 Å². The minimum atomic E-state index is -4.31. The first-order valence-corrected chi connectivity index (χ1v) is 9.31. The zero-order valence-corrected chi connectivity index (χ0v) is 17.2. The fourth-order valence-electron chi connectivity index (χ4n) is 1.94. The molecule has 23 heavy (non-hydrogen) atoms. The van der Waals surface area contributed by atoms with Gasteiger partial charge in [-0.15, -0.1) is 0 Å². The van der Waals surface area contributed by atoms with Gasteiger partial charge in [0.2, 0.25) is 0 Å². The Hall–Kier alpha value is 0.750. The third-order valence-corrected chi connectivity index (χ3v) is 3.98. The first-order chi connectivity index (χ1) is 10.3. The minimum Gasteiger partial charge on any atom is -1.00 e. The summed E-state index contributed by atoms with van der Waals surface area (Å²) in [6.45, 7) is 0.989. The minimum absolute atomic E-state index is 0. The van der Waals surface area contributed by atoms with E-state index in [-0.39, 0.29) is 37.6 Å². The van der Waals surface area contributed by atoms with Crippen molar-refractivity contribution in [3.05, 3.63) is 0 Å². The van der Waals surface area contributed by atoms with Crippen LogP contribution in [0.4, 0.5) is 0 Å². The van der Waals surface area contributed by atoms with Crippen LogP contribution in [0.25, 0.3) is 0 Å². The van der Waals surface area contributed by atoms with Crippen LogP contribution in [0.15, 0.2) is 0 Å². The molecule has 0 aliphatic carbocycles. The van der Waals surface area contributed by atoms with Gasteiger partial charge < -0.3 is 16.7 Å². The zero-order chi connectivity index (χ0) is 16.9. The van der Waals surface area contributed by atoms with E-state index in [0.29, 0.717) is 6.42 Å². The molecule has 136 valence electrons. The molecule has 0 aromatic carbocycles. The summed E-state index contributed by atoms with van der Waals surface area (Å²) in [6, 6.07) is 0. The maximum Gasteiger partial charge on any atom is 1.00 e. The predicted molar refractivity (Wildman–Crippen MR) is 83.2 cm³/mol. The maximum absolute atomic E-state index is 11.2. The van der Waals surface area contributed by atoms with E-state index in [1.807, 2.05) is 0 Å². The smallest absolute Gasteiger partial charge is 1.00 e. The molecule has 0 aromatic rings. The van der Waals surface area contributed by atoms with Crippen molar-refractivity contribution >= 4 is 10.4 Å². The number of hydrogen-bond acceptors (Lipinski definition) is 7. The summed E-state index contributed by atoms with van der Waals surface area (Å²) >= 11 is 0. The Morgan fingerprint density at radius 3 is 1.70 bits per heavy atom. The van der Waals surface area contributed by atoms with Gasteiger partial charge in [0.1, 0.15) is 6.61 Å². The summed E-state index contributed by atoms with van der Waals surface area (Å²) in [5, 5.41) is 25.5. The van der Waals surface area contributed by atoms with Crippen molar-refractivity contribution in [2.24, 2.45) is 0 Å². The molecule has 0 aliphatic rings. The number of aliphatic hydroxyl groups is 3. The predicted octanol–water partition coefficient (Wildman–Crippen LogP) is -1.07. The van der Waals surface area contributed by atoms with Crippen LogP contribution in [0, 0.1) is 0 Å². The third kappa shape index (κ3) is 20.7. The topological polar surface area (TPSA) is 113 Å². The Morgan fingerprint density at radius 2 is 1.26 bits per heavy atom. The molecule has 0 atom stereocenters. The van der Waals surface area contributed by atoms with Gasteiger partial charge in [-0.25, -0.2) is 8.37 Å². The molecule has 0 bridgehead atoms. The molecule has 0 aromatic heterocycles. The van der Waals surface area contributed by atoms with Crippen LogP contribution in [-0.4, -0.2) is 42.9 Å². The Balaban J connectivity index is -0.00000220. The van der Waals surface area contributed by atoms with E-state index in [2.05, 4.69) is 15.3 Å². The molecule has 0 heterocycles. The van der Waals surface area contributed by atoms with Gasteiger partial charge in [-0.1, -0.05) is 64.7 Å². The SMILES string of the molecule is CCCCCCCCCCCCOS(=O)(=O)OCC(O)(O)O.[H-].[Na+]. The molecular weight excluding hydrogens is 335 g/mol. The molecule has 7 nitrogen and oxygen atoms in total. The van der Waals surface area contributed by atoms with E-state index in [9.17, 15) is 8.42 Å². The average Bonchev–Trinajstić information content (AvgIpc) is 2.42. The van der Waals surface area contributed by atoms with Gasteiger partial charge in [-0.3, -0.25) is 0 Å². The molecule has 0 radical (unpaired) electrons. The Morgan fingerprint density at radius 1 is 0.826 bits per heavy atom. The molecule has 0 unspecified atom stereocenters. The molecule has 0 rings (SSSR count). The van der Waals surface area contributed by atoms with Crippen LogP contribution in [-0.2, 0) is 18.8 Å². The average molecular weight is 366 g/mol. The van der Waals surface area contributed by atoms with Gasteiger partial charge in [-0.05, 0) is 6.42 Å². The normalized spacial score (nSPS) is 12.2. The summed E-state index contributed by atoms with van der Waals surface area (Å²) in [7, 11) is -4.31. The van der Waals surface area contributed by atoms with Crippen LogP contribution in [0.5, 0.6) is 0 Å². The maximum atomic E-state index is 11.2. The van der Waals surface area contributed by atoms with Crippen molar-refractivity contribution in [1.29, 1.82) is 0 Å². The van der Waals surface area contributed by atoms with Crippen LogP contribution < -0.4 is 29.6 Å². The van der Waals surface area contributed by atoms with Crippen LogP contribution in [0.1, 0.15) is 72.6 Å². The fourth-order valence-corrected chi connectivity index (χ4v) is 2.63. The molecule has 0 saturated heterocycles. The van der Waals surface area contributed by atoms with E-state index in [0.717, 1.165) is 19.3 Å². The van der Waals surface area contributed by atoms with E-state index in [1.54, 1.807) is 0 Å². The number of rotatable bonds is 15. The van der Waals surface area contributed by atoms with Crippen molar-refractivity contribution in [3.63, 3.8) is 0 Å². The van der Waals surface area contributed by atoms with Crippen LogP contribution in [0.3, 0.4) is 0 Å². The molecule has 0 amide bonds. The van der Waals surface area contributed by atoms with Gasteiger partial charge in [0.15, 0.2) is 0 Å². The Labute approximate surface area is 163 Å². The summed E-state index contributed by atoms with van der Waals surface area (Å²) < 4.78 is 30.9. The third-order valence-electron chi connectivity index (χ3n) is 3.12. The Kier molecular flexibility index (Phi) is 17.0. The largest absolute Gasteiger partial charge is 1.00 e. The van der Waals surface area contributed by atoms with Crippen molar-refractivity contribution in [3.8, 4) is 0 Å². The van der Waals surface area contributed by atoms with Crippen LogP contribution >= 0.6 is 0 Å². The summed E-state index contributed by atoms with van der Waals surface area (Å²) in [4.78, 5) is 0. The van der Waals surface area contributed by atoms with E-state index in [1.165, 1.54) is 38.5 Å². The summed E-state index contributed by atoms with van der Waals surface area (Å²) in [5.74, 6) is -3.19. The quantitative estimate of drug-likeness (QED) is 0.192. The van der Waals surface area contributed by atoms with Crippen molar-refractivity contribution in [1.82, 2.24) is 0 Å². The second-order valence-electron chi connectivity index (χ2n) is 5.45. The molecule has 0 fully saturated rings. The molecule has 9 heteroatoms. The van der Waals surface area contributed by atoms with Crippen molar-refractivity contribution < 1.29 is 63.1 Å². The molecule has 0 spiro atoms. The van der Waals surface area contributed by atoms with Crippen molar-refractivity contribution in [2.45, 2.75) is 77.1 Å². The number of unbranched alkanes of at least 4 members (excludes halogenated alkanes) is 9. The number of hydrogen-bond donors (Lipinski definition) is 3. The summed E-state index contributed by atoms with van der Waals surface area (Å²) in [5.41, 5.74) is 0. The van der Waals surface area contributed by atoms with Crippen molar-refractivity contribution in [2.75, 3.05) is 13.2 Å². The van der Waals surface area contributed by atoms with E-state index in [4.69, 9.17) is 15.3 Å². The van der Waals surface area contributed by atoms with Gasteiger partial charge in [0.25, 0.3) is 0 Å². The van der Waals surface area contributed by atoms with Gasteiger partial charge in [-0.2, -0.15) is 8.42 Å². The first-order valence-electron chi connectivity index (χ1n) is 7.98. The zero-order valence-electron chi connectivity index (χ0n) is 15.4. The second kappa shape index (κ2) is 15.0. The van der Waals surface area contributed by atoms with Crippen LogP contribution in [0.2, 0.25) is 0 Å². The Bertz CT molecular complexity index is 361. The van der Waals surface area contributed by atoms with E-state index >= 15 is 0 Å². The monoisotopic (exact) mass is 366 g/mol. The fraction of sp³-hybridized carbons (Fsp3) is 1.00. The first kappa shape index (κ1) is 26.0. The standard InChI is InChI=1S/C14H30O7S.Na.H/c1-2-3-4-5-6-7-8-9-10-11-12-20-22(18,19)21-13-14(15,16)17;;/h15-17H,2-13H2,1H3;;/q;+1;-1. The van der Waals surface area contributed by atoms with Gasteiger partial charge in [0, 0.05) is 0 Å².